The van der Waals surface area contributed by atoms with Crippen LogP contribution in [0.2, 0.25) is 0 Å². The van der Waals surface area contributed by atoms with Crippen molar-refractivity contribution in [2.75, 3.05) is 31.6 Å². The summed E-state index contributed by atoms with van der Waals surface area (Å²) in [6.45, 7) is 3.77. The van der Waals surface area contributed by atoms with Gasteiger partial charge in [0.25, 0.3) is 0 Å². The number of nitrogens with zero attached hydrogens (tertiary/aromatic N) is 2. The first-order chi connectivity index (χ1) is 12.8. The summed E-state index contributed by atoms with van der Waals surface area (Å²) in [5.74, 6) is 0.236. The van der Waals surface area contributed by atoms with Gasteiger partial charge in [0.2, 0.25) is 5.91 Å². The van der Waals surface area contributed by atoms with Gasteiger partial charge in [0.1, 0.15) is 0 Å². The molecule has 138 valence electrons. The zero-order valence-electron chi connectivity index (χ0n) is 15.0. The van der Waals surface area contributed by atoms with Gasteiger partial charge in [-0.2, -0.15) is 5.10 Å². The molecule has 4 rings (SSSR count). The van der Waals surface area contributed by atoms with E-state index in [0.29, 0.717) is 6.04 Å². The number of carbonyl (C=O) groups excluding carboxylic acids is 1. The topological polar surface area (TPSA) is 70.2 Å². The number of hydrogen-bond donors (Lipinski definition) is 2. The second-order valence-corrected chi connectivity index (χ2v) is 7.19. The van der Waals surface area contributed by atoms with E-state index in [1.54, 1.807) is 6.20 Å². The number of aromatic amines is 1. The van der Waals surface area contributed by atoms with Crippen molar-refractivity contribution in [3.63, 3.8) is 0 Å². The molecule has 0 aliphatic carbocycles. The van der Waals surface area contributed by atoms with Gasteiger partial charge in [0, 0.05) is 42.6 Å². The summed E-state index contributed by atoms with van der Waals surface area (Å²) in [4.78, 5) is 15.2. The number of amides is 1. The highest BCUT2D eigenvalue weighted by Gasteiger charge is 2.29. The van der Waals surface area contributed by atoms with Gasteiger partial charge in [-0.15, -0.1) is 0 Å². The number of rotatable bonds is 4. The van der Waals surface area contributed by atoms with Crippen molar-refractivity contribution < 1.29 is 9.53 Å². The van der Waals surface area contributed by atoms with Crippen molar-refractivity contribution in [1.82, 2.24) is 15.1 Å². The van der Waals surface area contributed by atoms with Gasteiger partial charge in [-0.05, 0) is 57.0 Å². The molecule has 0 spiro atoms. The summed E-state index contributed by atoms with van der Waals surface area (Å²) in [6.07, 6.45) is 5.84. The molecular formula is C20H26N4O2. The Labute approximate surface area is 153 Å². The van der Waals surface area contributed by atoms with Crippen LogP contribution < -0.4 is 5.32 Å². The average Bonchev–Trinajstić information content (AvgIpc) is 3.24. The number of carbonyl (C=O) groups is 1. The Balaban J connectivity index is 1.32. The van der Waals surface area contributed by atoms with Crippen molar-refractivity contribution in [3.8, 4) is 11.3 Å². The molecule has 1 amide bonds. The highest BCUT2D eigenvalue weighted by molar-refractivity contribution is 5.93. The van der Waals surface area contributed by atoms with Crippen LogP contribution in [-0.4, -0.2) is 53.3 Å². The molecular weight excluding hydrogens is 328 g/mol. The molecule has 1 aromatic carbocycles. The number of anilines is 1. The fraction of sp³-hybridized carbons (Fsp3) is 0.500. The molecule has 6 nitrogen and oxygen atoms in total. The number of ether oxygens (including phenoxy) is 1. The quantitative estimate of drug-likeness (QED) is 0.886. The van der Waals surface area contributed by atoms with Crippen LogP contribution in [0.4, 0.5) is 5.69 Å². The molecule has 6 heteroatoms. The van der Waals surface area contributed by atoms with Crippen molar-refractivity contribution in [2.24, 2.45) is 5.92 Å². The molecule has 2 aliphatic heterocycles. The molecule has 0 saturated carbocycles. The molecule has 26 heavy (non-hydrogen) atoms. The van der Waals surface area contributed by atoms with Gasteiger partial charge in [-0.3, -0.25) is 9.89 Å². The summed E-state index contributed by atoms with van der Waals surface area (Å²) >= 11 is 0. The minimum Gasteiger partial charge on any atom is -0.381 e. The van der Waals surface area contributed by atoms with Gasteiger partial charge in [0.05, 0.1) is 5.69 Å². The average molecular weight is 354 g/mol. The van der Waals surface area contributed by atoms with E-state index in [-0.39, 0.29) is 11.8 Å². The normalized spacial score (nSPS) is 20.2. The molecule has 0 bridgehead atoms. The second-order valence-electron chi connectivity index (χ2n) is 7.19. The third-order valence-corrected chi connectivity index (χ3v) is 5.55. The maximum atomic E-state index is 12.7. The lowest BCUT2D eigenvalue weighted by atomic mass is 9.93. The number of hydrogen-bond acceptors (Lipinski definition) is 4. The predicted octanol–water partition coefficient (Wildman–Crippen LogP) is 2.91. The van der Waals surface area contributed by atoms with E-state index >= 15 is 0 Å². The first-order valence-corrected chi connectivity index (χ1v) is 9.52. The number of benzene rings is 1. The first-order valence-electron chi connectivity index (χ1n) is 9.52. The van der Waals surface area contributed by atoms with Gasteiger partial charge >= 0.3 is 0 Å². The standard InChI is InChI=1S/C20H26N4O2/c25-20(15-5-10-24(11-6-15)18-7-12-26-13-8-18)22-17-3-1-2-16(14-17)19-4-9-21-23-19/h1-4,9,14-15,18H,5-8,10-13H2,(H,21,23)(H,22,25). The number of H-pyrrole nitrogens is 1. The van der Waals surface area contributed by atoms with Gasteiger partial charge in [0.15, 0.2) is 0 Å². The van der Waals surface area contributed by atoms with Crippen LogP contribution in [0.1, 0.15) is 25.7 Å². The lowest BCUT2D eigenvalue weighted by molar-refractivity contribution is -0.121. The van der Waals surface area contributed by atoms with Crippen LogP contribution in [0, 0.1) is 5.92 Å². The zero-order valence-corrected chi connectivity index (χ0v) is 15.0. The summed E-state index contributed by atoms with van der Waals surface area (Å²) in [7, 11) is 0. The Morgan fingerprint density at radius 3 is 2.69 bits per heavy atom. The van der Waals surface area contributed by atoms with Gasteiger partial charge < -0.3 is 15.0 Å². The minimum atomic E-state index is 0.0990. The Hall–Kier alpha value is -2.18. The van der Waals surface area contributed by atoms with Crippen molar-refractivity contribution in [1.29, 1.82) is 0 Å². The first kappa shape index (κ1) is 17.2. The fourth-order valence-electron chi connectivity index (χ4n) is 4.00. The molecule has 2 aliphatic rings. The third kappa shape index (κ3) is 3.97. The van der Waals surface area contributed by atoms with Gasteiger partial charge in [-0.1, -0.05) is 12.1 Å². The fourth-order valence-corrected chi connectivity index (χ4v) is 4.00. The van der Waals surface area contributed by atoms with E-state index in [4.69, 9.17) is 4.74 Å². The minimum absolute atomic E-state index is 0.0990. The molecule has 0 radical (unpaired) electrons. The lowest BCUT2D eigenvalue weighted by Gasteiger charge is -2.38. The number of nitrogens with one attached hydrogen (secondary N) is 2. The Morgan fingerprint density at radius 1 is 1.15 bits per heavy atom. The molecule has 2 aromatic rings. The SMILES string of the molecule is O=C(Nc1cccc(-c2ccn[nH]2)c1)C1CCN(C2CCOCC2)CC1. The van der Waals surface area contributed by atoms with Crippen LogP contribution in [0.3, 0.4) is 0 Å². The smallest absolute Gasteiger partial charge is 0.227 e. The Morgan fingerprint density at radius 2 is 1.96 bits per heavy atom. The highest BCUT2D eigenvalue weighted by atomic mass is 16.5. The molecule has 0 atom stereocenters. The van der Waals surface area contributed by atoms with E-state index in [9.17, 15) is 4.79 Å². The largest absolute Gasteiger partial charge is 0.381 e. The second kappa shape index (κ2) is 8.01. The van der Waals surface area contributed by atoms with Crippen molar-refractivity contribution >= 4 is 11.6 Å². The third-order valence-electron chi connectivity index (χ3n) is 5.55. The van der Waals surface area contributed by atoms with Crippen LogP contribution in [-0.2, 0) is 9.53 Å². The van der Waals surface area contributed by atoms with E-state index in [1.807, 2.05) is 30.3 Å². The summed E-state index contributed by atoms with van der Waals surface area (Å²) in [5, 5.41) is 10.0. The van der Waals surface area contributed by atoms with E-state index in [1.165, 1.54) is 0 Å². The van der Waals surface area contributed by atoms with Crippen LogP contribution in [0.15, 0.2) is 36.5 Å². The highest BCUT2D eigenvalue weighted by Crippen LogP contribution is 2.25. The lowest BCUT2D eigenvalue weighted by Crippen LogP contribution is -2.45. The maximum Gasteiger partial charge on any atom is 0.227 e. The van der Waals surface area contributed by atoms with Crippen LogP contribution >= 0.6 is 0 Å². The van der Waals surface area contributed by atoms with Gasteiger partial charge in [-0.25, -0.2) is 0 Å². The number of aromatic nitrogens is 2. The molecule has 2 N–H and O–H groups in total. The summed E-state index contributed by atoms with van der Waals surface area (Å²) in [5.41, 5.74) is 2.81. The molecule has 2 saturated heterocycles. The van der Waals surface area contributed by atoms with E-state index in [0.717, 1.165) is 68.9 Å². The van der Waals surface area contributed by atoms with Crippen LogP contribution in [0.25, 0.3) is 11.3 Å². The zero-order chi connectivity index (χ0) is 17.8. The molecule has 2 fully saturated rings. The molecule has 1 aromatic heterocycles. The van der Waals surface area contributed by atoms with E-state index in [2.05, 4.69) is 20.4 Å². The van der Waals surface area contributed by atoms with Crippen molar-refractivity contribution in [3.05, 3.63) is 36.5 Å². The predicted molar refractivity (Wildman–Crippen MR) is 101 cm³/mol. The molecule has 3 heterocycles. The maximum absolute atomic E-state index is 12.7. The number of likely N-dealkylation sites (tertiary alicyclic amines) is 1. The van der Waals surface area contributed by atoms with Crippen molar-refractivity contribution in [2.45, 2.75) is 31.7 Å². The Kier molecular flexibility index (Phi) is 5.32. The summed E-state index contributed by atoms with van der Waals surface area (Å²) in [6, 6.07) is 10.5. The van der Waals surface area contributed by atoms with Crippen LogP contribution in [0.5, 0.6) is 0 Å². The monoisotopic (exact) mass is 354 g/mol. The summed E-state index contributed by atoms with van der Waals surface area (Å²) < 4.78 is 5.46. The molecule has 0 unspecified atom stereocenters. The Bertz CT molecular complexity index is 717. The number of piperidine rings is 1. The van der Waals surface area contributed by atoms with E-state index < -0.39 is 0 Å².